The molecule has 0 aliphatic heterocycles. The van der Waals surface area contributed by atoms with E-state index in [-0.39, 0.29) is 6.03 Å². The van der Waals surface area contributed by atoms with Crippen molar-refractivity contribution in [2.75, 3.05) is 9.88 Å². The lowest BCUT2D eigenvalue weighted by atomic mass is 10.3. The highest BCUT2D eigenvalue weighted by atomic mass is 28.2. The van der Waals surface area contributed by atoms with Gasteiger partial charge in [0.1, 0.15) is 9.68 Å². The summed E-state index contributed by atoms with van der Waals surface area (Å²) in [6.07, 6.45) is 1.87. The minimum atomic E-state index is -0.733. The van der Waals surface area contributed by atoms with Crippen LogP contribution in [0.1, 0.15) is 0 Å². The molecule has 0 saturated carbocycles. The maximum atomic E-state index is 12.4. The van der Waals surface area contributed by atoms with Crippen LogP contribution < -0.4 is 9.88 Å². The number of allylic oxidation sites excluding steroid dienone is 1. The smallest absolute Gasteiger partial charge is 0.317 e. The molecule has 0 heterocycles. The molecule has 102 valence electrons. The molecule has 0 saturated heterocycles. The van der Waals surface area contributed by atoms with Gasteiger partial charge in [-0.25, -0.2) is 4.79 Å². The fourth-order valence-corrected chi connectivity index (χ4v) is 3.08. The Morgan fingerprint density at radius 1 is 1.10 bits per heavy atom. The highest BCUT2D eigenvalue weighted by Crippen LogP contribution is 2.15. The van der Waals surface area contributed by atoms with E-state index in [2.05, 4.69) is 11.9 Å². The zero-order valence-electron chi connectivity index (χ0n) is 11.3. The second-order valence-electron chi connectivity index (χ2n) is 4.36. The van der Waals surface area contributed by atoms with E-state index in [9.17, 15) is 4.79 Å². The molecule has 1 N–H and O–H groups in total. The third kappa shape index (κ3) is 3.83. The quantitative estimate of drug-likeness (QED) is 0.661. The topological polar surface area (TPSA) is 32.3 Å². The van der Waals surface area contributed by atoms with Gasteiger partial charge in [0.2, 0.25) is 0 Å². The zero-order chi connectivity index (χ0) is 14.2. The van der Waals surface area contributed by atoms with E-state index in [1.165, 1.54) is 0 Å². The lowest BCUT2D eigenvalue weighted by Crippen LogP contribution is -2.37. The van der Waals surface area contributed by atoms with Gasteiger partial charge in [0.15, 0.2) is 0 Å². The Hall–Kier alpha value is -2.33. The van der Waals surface area contributed by atoms with E-state index in [4.69, 9.17) is 0 Å². The van der Waals surface area contributed by atoms with Crippen LogP contribution in [0, 0.1) is 0 Å². The number of nitrogens with zero attached hydrogens (tertiary/aromatic N) is 1. The first kappa shape index (κ1) is 14.1. The van der Waals surface area contributed by atoms with Gasteiger partial charge >= 0.3 is 6.03 Å². The molecule has 0 aromatic heterocycles. The van der Waals surface area contributed by atoms with E-state index in [1.807, 2.05) is 71.3 Å². The number of urea groups is 1. The molecule has 0 bridgehead atoms. The maximum Gasteiger partial charge on any atom is 0.317 e. The summed E-state index contributed by atoms with van der Waals surface area (Å²) in [6.45, 7) is 3.75. The van der Waals surface area contributed by atoms with E-state index < -0.39 is 9.68 Å². The first-order valence-electron chi connectivity index (χ1n) is 6.61. The molecule has 3 nitrogen and oxygen atoms in total. The number of carbonyl (C=O) groups is 1. The summed E-state index contributed by atoms with van der Waals surface area (Å²) >= 11 is 0. The van der Waals surface area contributed by atoms with Crippen molar-refractivity contribution in [3.8, 4) is 0 Å². The van der Waals surface area contributed by atoms with Gasteiger partial charge in [-0.3, -0.25) is 0 Å². The van der Waals surface area contributed by atoms with Gasteiger partial charge in [0.25, 0.3) is 0 Å². The molecule has 0 aliphatic rings. The highest BCUT2D eigenvalue weighted by Gasteiger charge is 2.14. The first-order valence-corrected chi connectivity index (χ1v) is 8.24. The minimum absolute atomic E-state index is 0.0732. The number of benzene rings is 2. The molecular weight excluding hydrogens is 264 g/mol. The van der Waals surface area contributed by atoms with E-state index in [1.54, 1.807) is 0 Å². The molecule has 20 heavy (non-hydrogen) atoms. The van der Waals surface area contributed by atoms with Crippen molar-refractivity contribution in [3.05, 3.63) is 73.3 Å². The summed E-state index contributed by atoms with van der Waals surface area (Å²) in [5.41, 5.74) is 1.75. The molecule has 2 aromatic rings. The van der Waals surface area contributed by atoms with Gasteiger partial charge in [0.05, 0.1) is 0 Å². The molecule has 0 aliphatic carbocycles. The average molecular weight is 282 g/mol. The van der Waals surface area contributed by atoms with E-state index in [0.29, 0.717) is 0 Å². The molecule has 0 fully saturated rings. The molecule has 4 heteroatoms. The van der Waals surface area contributed by atoms with Crippen LogP contribution in [0.4, 0.5) is 16.2 Å². The summed E-state index contributed by atoms with van der Waals surface area (Å²) in [5, 5.41) is 2.94. The van der Waals surface area contributed by atoms with Crippen LogP contribution in [0.2, 0.25) is 6.04 Å². The molecule has 0 radical (unpaired) electrons. The summed E-state index contributed by atoms with van der Waals surface area (Å²) in [5.74, 6) is 0. The Morgan fingerprint density at radius 2 is 1.70 bits per heavy atom. The fraction of sp³-hybridized carbons (Fsp3) is 0.0625. The number of nitrogens with one attached hydrogen (secondary N) is 1. The lowest BCUT2D eigenvalue weighted by Gasteiger charge is -2.23. The van der Waals surface area contributed by atoms with Gasteiger partial charge < -0.3 is 9.88 Å². The van der Waals surface area contributed by atoms with Crippen molar-refractivity contribution in [2.24, 2.45) is 0 Å². The van der Waals surface area contributed by atoms with Crippen LogP contribution in [0.25, 0.3) is 0 Å². The summed E-state index contributed by atoms with van der Waals surface area (Å²) in [4.78, 5) is 12.4. The van der Waals surface area contributed by atoms with Crippen LogP contribution in [-0.2, 0) is 0 Å². The third-order valence-corrected chi connectivity index (χ3v) is 4.66. The molecule has 2 aromatic carbocycles. The van der Waals surface area contributed by atoms with Crippen molar-refractivity contribution in [3.63, 3.8) is 0 Å². The summed E-state index contributed by atoms with van der Waals surface area (Å²) in [6, 6.07) is 20.1. The molecule has 0 atom stereocenters. The van der Waals surface area contributed by atoms with Crippen LogP contribution in [0.3, 0.4) is 0 Å². The maximum absolute atomic E-state index is 12.4. The Balaban J connectivity index is 2.14. The zero-order valence-corrected chi connectivity index (χ0v) is 12.7. The van der Waals surface area contributed by atoms with Gasteiger partial charge in [-0.15, -0.1) is 6.58 Å². The number of hydrogen-bond donors (Lipinski definition) is 1. The van der Waals surface area contributed by atoms with E-state index >= 15 is 0 Å². The number of anilines is 2. The molecule has 2 amide bonds. The second kappa shape index (κ2) is 7.30. The average Bonchev–Trinajstić information content (AvgIpc) is 2.50. The number of rotatable bonds is 5. The predicted octanol–water partition coefficient (Wildman–Crippen LogP) is 3.41. The van der Waals surface area contributed by atoms with Crippen molar-refractivity contribution >= 4 is 27.1 Å². The Labute approximate surface area is 121 Å². The SMILES string of the molecule is C=CC[SiH2]N(C(=O)Nc1ccccc1)c1ccccc1. The molecular formula is C16H18N2OSi. The summed E-state index contributed by atoms with van der Waals surface area (Å²) in [7, 11) is -0.733. The largest absolute Gasteiger partial charge is 0.328 e. The van der Waals surface area contributed by atoms with Gasteiger partial charge in [0, 0.05) is 11.4 Å². The summed E-state index contributed by atoms with van der Waals surface area (Å²) < 4.78 is 1.86. The molecule has 0 spiro atoms. The predicted molar refractivity (Wildman–Crippen MR) is 87.9 cm³/mol. The van der Waals surface area contributed by atoms with Crippen molar-refractivity contribution in [1.82, 2.24) is 0 Å². The Bertz CT molecular complexity index is 557. The van der Waals surface area contributed by atoms with Crippen LogP contribution in [-0.4, -0.2) is 15.7 Å². The number of carbonyl (C=O) groups excluding carboxylic acids is 1. The molecule has 2 rings (SSSR count). The number of amides is 2. The monoisotopic (exact) mass is 282 g/mol. The normalized spacial score (nSPS) is 10.4. The third-order valence-electron chi connectivity index (χ3n) is 2.89. The lowest BCUT2D eigenvalue weighted by molar-refractivity contribution is 0.259. The molecule has 0 unspecified atom stereocenters. The fourth-order valence-electron chi connectivity index (χ4n) is 1.89. The van der Waals surface area contributed by atoms with E-state index in [0.717, 1.165) is 17.4 Å². The first-order chi connectivity index (χ1) is 9.81. The van der Waals surface area contributed by atoms with Gasteiger partial charge in [-0.2, -0.15) is 0 Å². The Kier molecular flexibility index (Phi) is 5.14. The van der Waals surface area contributed by atoms with Crippen molar-refractivity contribution < 1.29 is 4.79 Å². The minimum Gasteiger partial charge on any atom is -0.328 e. The van der Waals surface area contributed by atoms with Gasteiger partial charge in [-0.05, 0) is 30.3 Å². The number of para-hydroxylation sites is 2. The van der Waals surface area contributed by atoms with Crippen LogP contribution in [0.5, 0.6) is 0 Å². The van der Waals surface area contributed by atoms with Crippen LogP contribution >= 0.6 is 0 Å². The van der Waals surface area contributed by atoms with Crippen molar-refractivity contribution in [2.45, 2.75) is 6.04 Å². The van der Waals surface area contributed by atoms with Gasteiger partial charge in [-0.1, -0.05) is 42.5 Å². The van der Waals surface area contributed by atoms with Crippen molar-refractivity contribution in [1.29, 1.82) is 0 Å². The number of hydrogen-bond acceptors (Lipinski definition) is 1. The Morgan fingerprint density at radius 3 is 2.30 bits per heavy atom. The highest BCUT2D eigenvalue weighted by molar-refractivity contribution is 6.50. The van der Waals surface area contributed by atoms with Crippen LogP contribution in [0.15, 0.2) is 73.3 Å². The second-order valence-corrected chi connectivity index (χ2v) is 6.02. The standard InChI is InChI=1S/C16H18N2OSi/c1-2-13-20-18(15-11-7-4-8-12-15)16(19)17-14-9-5-3-6-10-14/h2-12H,1,13,20H2,(H,17,19).